The lowest BCUT2D eigenvalue weighted by Gasteiger charge is -2.34. The lowest BCUT2D eigenvalue weighted by Crippen LogP contribution is -2.38. The van der Waals surface area contributed by atoms with Gasteiger partial charge in [0, 0.05) is 24.8 Å². The van der Waals surface area contributed by atoms with E-state index in [0.29, 0.717) is 0 Å². The van der Waals surface area contributed by atoms with Crippen LogP contribution in [-0.4, -0.2) is 17.5 Å². The van der Waals surface area contributed by atoms with Gasteiger partial charge in [-0.05, 0) is 48.9 Å². The summed E-state index contributed by atoms with van der Waals surface area (Å²) < 4.78 is 0. The van der Waals surface area contributed by atoms with Crippen LogP contribution in [0, 0.1) is 6.92 Å². The number of fused-ring (bicyclic) bond motifs is 1. The molecule has 0 amide bonds. The smallest absolute Gasteiger partial charge is 0.0352 e. The first-order valence-corrected chi connectivity index (χ1v) is 6.86. The summed E-state index contributed by atoms with van der Waals surface area (Å²) in [6.45, 7) is 4.46. The van der Waals surface area contributed by atoms with Crippen molar-refractivity contribution in [2.45, 2.75) is 51.6 Å². The van der Waals surface area contributed by atoms with Crippen molar-refractivity contribution in [2.75, 3.05) is 12.3 Å². The minimum absolute atomic E-state index is 0.838. The Labute approximate surface area is 104 Å². The Bertz CT molecular complexity index is 419. The van der Waals surface area contributed by atoms with Gasteiger partial charge in [-0.15, -0.1) is 0 Å². The average molecular weight is 230 g/mol. The van der Waals surface area contributed by atoms with Crippen LogP contribution in [0.5, 0.6) is 0 Å². The van der Waals surface area contributed by atoms with Gasteiger partial charge in [-0.3, -0.25) is 4.90 Å². The number of rotatable bonds is 1. The normalized spacial score (nSPS) is 21.7. The Balaban J connectivity index is 1.84. The van der Waals surface area contributed by atoms with Crippen molar-refractivity contribution in [3.05, 3.63) is 28.8 Å². The van der Waals surface area contributed by atoms with Gasteiger partial charge < -0.3 is 5.73 Å². The summed E-state index contributed by atoms with van der Waals surface area (Å²) in [4.78, 5) is 2.67. The van der Waals surface area contributed by atoms with E-state index < -0.39 is 0 Å². The maximum Gasteiger partial charge on any atom is 0.0352 e. The second kappa shape index (κ2) is 4.34. The van der Waals surface area contributed by atoms with E-state index in [0.717, 1.165) is 24.7 Å². The van der Waals surface area contributed by atoms with Gasteiger partial charge in [0.05, 0.1) is 0 Å². The van der Waals surface area contributed by atoms with E-state index in [1.807, 2.05) is 0 Å². The van der Waals surface area contributed by atoms with Crippen LogP contribution in [0.15, 0.2) is 12.1 Å². The average Bonchev–Trinajstić information content (AvgIpc) is 2.81. The number of hydrogen-bond donors (Lipinski definition) is 1. The van der Waals surface area contributed by atoms with E-state index in [-0.39, 0.29) is 0 Å². The molecule has 3 rings (SSSR count). The molecule has 2 N–H and O–H groups in total. The molecule has 0 bridgehead atoms. The van der Waals surface area contributed by atoms with Crippen LogP contribution in [-0.2, 0) is 13.0 Å². The largest absolute Gasteiger partial charge is 0.398 e. The molecular weight excluding hydrogens is 208 g/mol. The molecule has 1 heterocycles. The molecule has 1 aromatic rings. The highest BCUT2D eigenvalue weighted by atomic mass is 15.2. The highest BCUT2D eigenvalue weighted by Gasteiger charge is 2.26. The van der Waals surface area contributed by atoms with Crippen molar-refractivity contribution in [2.24, 2.45) is 0 Å². The van der Waals surface area contributed by atoms with E-state index in [2.05, 4.69) is 24.0 Å². The molecule has 92 valence electrons. The van der Waals surface area contributed by atoms with Crippen LogP contribution in [0.4, 0.5) is 5.69 Å². The first-order chi connectivity index (χ1) is 8.24. The summed E-state index contributed by atoms with van der Waals surface area (Å²) in [5.74, 6) is 0. The molecule has 1 aliphatic heterocycles. The minimum Gasteiger partial charge on any atom is -0.398 e. The third-order valence-electron chi connectivity index (χ3n) is 4.38. The van der Waals surface area contributed by atoms with Gasteiger partial charge in [-0.25, -0.2) is 0 Å². The monoisotopic (exact) mass is 230 g/mol. The summed E-state index contributed by atoms with van der Waals surface area (Å²) in [7, 11) is 0. The molecule has 1 saturated carbocycles. The molecule has 1 aliphatic carbocycles. The van der Waals surface area contributed by atoms with Crippen LogP contribution < -0.4 is 5.73 Å². The highest BCUT2D eigenvalue weighted by Crippen LogP contribution is 2.31. The minimum atomic E-state index is 0.838. The topological polar surface area (TPSA) is 29.3 Å². The fourth-order valence-electron chi connectivity index (χ4n) is 3.50. The Morgan fingerprint density at radius 2 is 2.00 bits per heavy atom. The zero-order valence-corrected chi connectivity index (χ0v) is 10.7. The fraction of sp³-hybridized carbons (Fsp3) is 0.600. The maximum atomic E-state index is 6.12. The Kier molecular flexibility index (Phi) is 2.83. The Hall–Kier alpha value is -1.02. The standard InChI is InChI=1S/C15H22N2/c1-11-8-12-10-17(13-4-2-3-5-13)7-6-14(12)15(16)9-11/h8-9,13H,2-7,10,16H2,1H3. The van der Waals surface area contributed by atoms with Crippen LogP contribution in [0.2, 0.25) is 0 Å². The molecule has 0 atom stereocenters. The lowest BCUT2D eigenvalue weighted by molar-refractivity contribution is 0.181. The number of nitrogens with two attached hydrogens (primary N) is 1. The maximum absolute atomic E-state index is 6.12. The lowest BCUT2D eigenvalue weighted by atomic mass is 9.94. The van der Waals surface area contributed by atoms with Gasteiger partial charge in [-0.2, -0.15) is 0 Å². The van der Waals surface area contributed by atoms with Crippen LogP contribution in [0.1, 0.15) is 42.4 Å². The third-order valence-corrected chi connectivity index (χ3v) is 4.38. The molecule has 2 nitrogen and oxygen atoms in total. The first-order valence-electron chi connectivity index (χ1n) is 6.86. The third kappa shape index (κ3) is 2.06. The van der Waals surface area contributed by atoms with E-state index in [4.69, 9.17) is 5.73 Å². The molecule has 1 fully saturated rings. The van der Waals surface area contributed by atoms with Gasteiger partial charge in [-0.1, -0.05) is 18.9 Å². The first kappa shape index (κ1) is 11.1. The SMILES string of the molecule is Cc1cc(N)c2c(c1)CN(C1CCCC1)CC2. The van der Waals surface area contributed by atoms with Gasteiger partial charge in [0.25, 0.3) is 0 Å². The van der Waals surface area contributed by atoms with Crippen LogP contribution in [0.3, 0.4) is 0 Å². The van der Waals surface area contributed by atoms with Crippen molar-refractivity contribution in [3.63, 3.8) is 0 Å². The predicted octanol–water partition coefficient (Wildman–Crippen LogP) is 2.88. The zero-order valence-electron chi connectivity index (χ0n) is 10.7. The number of nitrogens with zero attached hydrogens (tertiary/aromatic N) is 1. The fourth-order valence-corrected chi connectivity index (χ4v) is 3.50. The molecule has 0 saturated heterocycles. The van der Waals surface area contributed by atoms with E-state index in [9.17, 15) is 0 Å². The number of nitrogen functional groups attached to an aromatic ring is 1. The Morgan fingerprint density at radius 1 is 1.24 bits per heavy atom. The summed E-state index contributed by atoms with van der Waals surface area (Å²) in [6, 6.07) is 5.28. The Morgan fingerprint density at radius 3 is 2.76 bits per heavy atom. The molecule has 0 aromatic heterocycles. The van der Waals surface area contributed by atoms with Crippen LogP contribution in [0.25, 0.3) is 0 Å². The summed E-state index contributed by atoms with van der Waals surface area (Å²) >= 11 is 0. The predicted molar refractivity (Wildman–Crippen MR) is 72.0 cm³/mol. The molecule has 0 radical (unpaired) electrons. The second-order valence-corrected chi connectivity index (χ2v) is 5.65. The van der Waals surface area contributed by atoms with Crippen LogP contribution >= 0.6 is 0 Å². The van der Waals surface area contributed by atoms with Crippen molar-refractivity contribution in [1.82, 2.24) is 4.90 Å². The second-order valence-electron chi connectivity index (χ2n) is 5.65. The number of anilines is 1. The number of benzene rings is 1. The molecule has 0 spiro atoms. The van der Waals surface area contributed by atoms with E-state index in [1.54, 1.807) is 0 Å². The molecule has 0 unspecified atom stereocenters. The van der Waals surface area contributed by atoms with Gasteiger partial charge in [0.2, 0.25) is 0 Å². The molecule has 2 aliphatic rings. The quantitative estimate of drug-likeness (QED) is 0.752. The van der Waals surface area contributed by atoms with Crippen molar-refractivity contribution >= 4 is 5.69 Å². The summed E-state index contributed by atoms with van der Waals surface area (Å²) in [5.41, 5.74) is 11.3. The van der Waals surface area contributed by atoms with Crippen molar-refractivity contribution in [3.8, 4) is 0 Å². The molecule has 1 aromatic carbocycles. The van der Waals surface area contributed by atoms with Gasteiger partial charge in [0.15, 0.2) is 0 Å². The molecule has 2 heteroatoms. The zero-order chi connectivity index (χ0) is 11.8. The van der Waals surface area contributed by atoms with E-state index in [1.165, 1.54) is 48.9 Å². The highest BCUT2D eigenvalue weighted by molar-refractivity contribution is 5.54. The van der Waals surface area contributed by atoms with E-state index >= 15 is 0 Å². The van der Waals surface area contributed by atoms with Gasteiger partial charge in [0.1, 0.15) is 0 Å². The summed E-state index contributed by atoms with van der Waals surface area (Å²) in [5, 5.41) is 0. The molecule has 17 heavy (non-hydrogen) atoms. The van der Waals surface area contributed by atoms with Crippen molar-refractivity contribution in [1.29, 1.82) is 0 Å². The molecular formula is C15H22N2. The summed E-state index contributed by atoms with van der Waals surface area (Å²) in [6.07, 6.45) is 6.78. The number of hydrogen-bond acceptors (Lipinski definition) is 2. The number of aryl methyl sites for hydroxylation is 1. The van der Waals surface area contributed by atoms with Crippen molar-refractivity contribution < 1.29 is 0 Å². The van der Waals surface area contributed by atoms with Gasteiger partial charge >= 0.3 is 0 Å².